The van der Waals surface area contributed by atoms with Gasteiger partial charge < -0.3 is 10.1 Å². The molecule has 5 nitrogen and oxygen atoms in total. The molecule has 0 aliphatic carbocycles. The Morgan fingerprint density at radius 2 is 1.95 bits per heavy atom. The average molecular weight is 292 g/mol. The van der Waals surface area contributed by atoms with Crippen molar-refractivity contribution in [2.45, 2.75) is 26.5 Å². The molecule has 2 rings (SSSR count). The zero-order valence-corrected chi connectivity index (χ0v) is 12.1. The summed E-state index contributed by atoms with van der Waals surface area (Å²) >= 11 is 1.19. The molecule has 0 saturated heterocycles. The quantitative estimate of drug-likeness (QED) is 0.644. The Bertz CT molecular complexity index is 578. The van der Waals surface area contributed by atoms with Gasteiger partial charge in [-0.3, -0.25) is 10.1 Å². The monoisotopic (exact) mass is 292 g/mol. The molecule has 1 aromatic heterocycles. The van der Waals surface area contributed by atoms with Crippen LogP contribution in [0.15, 0.2) is 36.4 Å². The lowest BCUT2D eigenvalue weighted by atomic mass is 10.3. The molecular formula is C14H16N2O3S. The predicted molar refractivity (Wildman–Crippen MR) is 80.5 cm³/mol. The SMILES string of the molecule is CC(C)Oc1ccc(NCc2ccc([N+](=O)[O-])s2)cc1. The number of benzene rings is 1. The predicted octanol–water partition coefficient (Wildman–Crippen LogP) is 4.06. The Balaban J connectivity index is 1.91. The molecule has 0 atom stereocenters. The molecule has 0 amide bonds. The van der Waals surface area contributed by atoms with Gasteiger partial charge >= 0.3 is 5.00 Å². The maximum absolute atomic E-state index is 10.6. The summed E-state index contributed by atoms with van der Waals surface area (Å²) in [7, 11) is 0. The minimum absolute atomic E-state index is 0.153. The topological polar surface area (TPSA) is 64.4 Å². The molecule has 106 valence electrons. The molecule has 1 heterocycles. The fraction of sp³-hybridized carbons (Fsp3) is 0.286. The zero-order valence-electron chi connectivity index (χ0n) is 11.3. The highest BCUT2D eigenvalue weighted by Gasteiger charge is 2.09. The smallest absolute Gasteiger partial charge is 0.324 e. The third kappa shape index (κ3) is 3.96. The lowest BCUT2D eigenvalue weighted by Crippen LogP contribution is -2.05. The Morgan fingerprint density at radius 3 is 2.50 bits per heavy atom. The molecule has 0 aliphatic rings. The number of thiophene rings is 1. The summed E-state index contributed by atoms with van der Waals surface area (Å²) < 4.78 is 5.56. The molecule has 6 heteroatoms. The van der Waals surface area contributed by atoms with Crippen LogP contribution in [-0.2, 0) is 6.54 Å². The summed E-state index contributed by atoms with van der Waals surface area (Å²) in [6, 6.07) is 11.0. The first-order chi connectivity index (χ1) is 9.54. The van der Waals surface area contributed by atoms with Crippen molar-refractivity contribution in [1.29, 1.82) is 0 Å². The first-order valence-electron chi connectivity index (χ1n) is 6.28. The second-order valence-corrected chi connectivity index (χ2v) is 5.69. The van der Waals surface area contributed by atoms with E-state index >= 15 is 0 Å². The van der Waals surface area contributed by atoms with Crippen molar-refractivity contribution >= 4 is 22.0 Å². The van der Waals surface area contributed by atoms with Crippen LogP contribution >= 0.6 is 11.3 Å². The first kappa shape index (κ1) is 14.3. The number of rotatable bonds is 6. The van der Waals surface area contributed by atoms with Crippen LogP contribution in [0, 0.1) is 10.1 Å². The molecule has 1 aromatic carbocycles. The lowest BCUT2D eigenvalue weighted by molar-refractivity contribution is -0.380. The Labute approximate surface area is 121 Å². The maximum Gasteiger partial charge on any atom is 0.324 e. The minimum Gasteiger partial charge on any atom is -0.491 e. The second kappa shape index (κ2) is 6.38. The second-order valence-electron chi connectivity index (χ2n) is 4.54. The van der Waals surface area contributed by atoms with Crippen LogP contribution < -0.4 is 10.1 Å². The van der Waals surface area contributed by atoms with Gasteiger partial charge in [0, 0.05) is 23.2 Å². The number of nitrogens with one attached hydrogen (secondary N) is 1. The molecule has 0 aliphatic heterocycles. The molecule has 0 bridgehead atoms. The molecule has 2 aromatic rings. The van der Waals surface area contributed by atoms with Crippen LogP contribution in [0.1, 0.15) is 18.7 Å². The number of hydrogen-bond acceptors (Lipinski definition) is 5. The average Bonchev–Trinajstić information content (AvgIpc) is 2.86. The van der Waals surface area contributed by atoms with E-state index in [0.717, 1.165) is 16.3 Å². The lowest BCUT2D eigenvalue weighted by Gasteiger charge is -2.10. The molecular weight excluding hydrogens is 276 g/mol. The van der Waals surface area contributed by atoms with Crippen LogP contribution in [-0.4, -0.2) is 11.0 Å². The van der Waals surface area contributed by atoms with Gasteiger partial charge in [0.15, 0.2) is 0 Å². The Kier molecular flexibility index (Phi) is 4.57. The zero-order chi connectivity index (χ0) is 14.5. The van der Waals surface area contributed by atoms with E-state index in [2.05, 4.69) is 5.32 Å². The van der Waals surface area contributed by atoms with Gasteiger partial charge in [0.1, 0.15) is 5.75 Å². The van der Waals surface area contributed by atoms with Gasteiger partial charge in [0.25, 0.3) is 0 Å². The highest BCUT2D eigenvalue weighted by atomic mass is 32.1. The molecule has 0 unspecified atom stereocenters. The van der Waals surface area contributed by atoms with E-state index in [1.165, 1.54) is 17.4 Å². The molecule has 20 heavy (non-hydrogen) atoms. The minimum atomic E-state index is -0.369. The van der Waals surface area contributed by atoms with Gasteiger partial charge in [-0.1, -0.05) is 11.3 Å². The fourth-order valence-corrected chi connectivity index (χ4v) is 2.43. The van der Waals surface area contributed by atoms with E-state index in [0.29, 0.717) is 6.54 Å². The third-order valence-electron chi connectivity index (χ3n) is 2.52. The normalized spacial score (nSPS) is 10.6. The van der Waals surface area contributed by atoms with E-state index in [-0.39, 0.29) is 16.0 Å². The van der Waals surface area contributed by atoms with E-state index in [1.807, 2.05) is 38.1 Å². The number of hydrogen-bond donors (Lipinski definition) is 1. The largest absolute Gasteiger partial charge is 0.491 e. The summed E-state index contributed by atoms with van der Waals surface area (Å²) in [5, 5.41) is 14.0. The molecule has 0 radical (unpaired) electrons. The van der Waals surface area contributed by atoms with Crippen LogP contribution in [0.25, 0.3) is 0 Å². The molecule has 1 N–H and O–H groups in total. The Hall–Kier alpha value is -2.08. The van der Waals surface area contributed by atoms with E-state index in [1.54, 1.807) is 6.07 Å². The van der Waals surface area contributed by atoms with Gasteiger partial charge in [-0.05, 0) is 44.2 Å². The van der Waals surface area contributed by atoms with Crippen molar-refractivity contribution in [3.63, 3.8) is 0 Å². The van der Waals surface area contributed by atoms with Gasteiger partial charge in [0.05, 0.1) is 11.0 Å². The summed E-state index contributed by atoms with van der Waals surface area (Å²) in [6.07, 6.45) is 0.153. The van der Waals surface area contributed by atoms with E-state index in [9.17, 15) is 10.1 Å². The first-order valence-corrected chi connectivity index (χ1v) is 7.10. The summed E-state index contributed by atoms with van der Waals surface area (Å²) in [6.45, 7) is 4.54. The van der Waals surface area contributed by atoms with E-state index in [4.69, 9.17) is 4.74 Å². The molecule has 0 fully saturated rings. The van der Waals surface area contributed by atoms with Crippen molar-refractivity contribution in [1.82, 2.24) is 0 Å². The fourth-order valence-electron chi connectivity index (χ4n) is 1.67. The van der Waals surface area contributed by atoms with Gasteiger partial charge in [-0.15, -0.1) is 0 Å². The maximum atomic E-state index is 10.6. The highest BCUT2D eigenvalue weighted by molar-refractivity contribution is 7.15. The summed E-state index contributed by atoms with van der Waals surface area (Å²) in [5.74, 6) is 0.831. The number of ether oxygens (including phenoxy) is 1. The van der Waals surface area contributed by atoms with Crippen molar-refractivity contribution < 1.29 is 9.66 Å². The number of nitrogens with zero attached hydrogens (tertiary/aromatic N) is 1. The number of anilines is 1. The van der Waals surface area contributed by atoms with Gasteiger partial charge in [0.2, 0.25) is 0 Å². The van der Waals surface area contributed by atoms with Crippen molar-refractivity contribution in [2.75, 3.05) is 5.32 Å². The standard InChI is InChI=1S/C14H16N2O3S/c1-10(2)19-12-5-3-11(4-6-12)15-9-13-7-8-14(20-13)16(17)18/h3-8,10,15H,9H2,1-2H3. The van der Waals surface area contributed by atoms with Crippen LogP contribution in [0.3, 0.4) is 0 Å². The van der Waals surface area contributed by atoms with Crippen LogP contribution in [0.4, 0.5) is 10.7 Å². The van der Waals surface area contributed by atoms with Crippen molar-refractivity contribution in [2.24, 2.45) is 0 Å². The van der Waals surface area contributed by atoms with Crippen molar-refractivity contribution in [3.05, 3.63) is 51.4 Å². The van der Waals surface area contributed by atoms with E-state index < -0.39 is 0 Å². The van der Waals surface area contributed by atoms with Gasteiger partial charge in [-0.25, -0.2) is 0 Å². The van der Waals surface area contributed by atoms with Crippen molar-refractivity contribution in [3.8, 4) is 5.75 Å². The number of nitro groups is 1. The molecule has 0 saturated carbocycles. The summed E-state index contributed by atoms with van der Waals surface area (Å²) in [4.78, 5) is 11.2. The van der Waals surface area contributed by atoms with Gasteiger partial charge in [-0.2, -0.15) is 0 Å². The van der Waals surface area contributed by atoms with Crippen LogP contribution in [0.2, 0.25) is 0 Å². The summed E-state index contributed by atoms with van der Waals surface area (Å²) in [5.41, 5.74) is 0.956. The Morgan fingerprint density at radius 1 is 1.25 bits per heavy atom. The highest BCUT2D eigenvalue weighted by Crippen LogP contribution is 2.25. The molecule has 0 spiro atoms. The third-order valence-corrected chi connectivity index (χ3v) is 3.56. The van der Waals surface area contributed by atoms with Crippen LogP contribution in [0.5, 0.6) is 5.75 Å².